The summed E-state index contributed by atoms with van der Waals surface area (Å²) in [5.74, 6) is -0.323. The maximum absolute atomic E-state index is 12.3. The highest BCUT2D eigenvalue weighted by atomic mass is 127. The molecule has 5 nitrogen and oxygen atoms in total. The van der Waals surface area contributed by atoms with Crippen molar-refractivity contribution in [1.82, 2.24) is 15.5 Å². The van der Waals surface area contributed by atoms with Crippen LogP contribution in [0.25, 0.3) is 0 Å². The van der Waals surface area contributed by atoms with Crippen LogP contribution in [0.5, 0.6) is 0 Å². The molecule has 1 rings (SSSR count). The van der Waals surface area contributed by atoms with Gasteiger partial charge in [-0.2, -0.15) is 13.2 Å². The Hall–Kier alpha value is -1.23. The van der Waals surface area contributed by atoms with Crippen LogP contribution in [-0.4, -0.2) is 56.7 Å². The van der Waals surface area contributed by atoms with Gasteiger partial charge in [0.15, 0.2) is 5.96 Å². The van der Waals surface area contributed by atoms with E-state index in [2.05, 4.69) is 29.5 Å². The van der Waals surface area contributed by atoms with E-state index in [1.54, 1.807) is 0 Å². The third kappa shape index (κ3) is 10.9. The number of guanidine groups is 1. The molecule has 160 valence electrons. The SMILES string of the molecule is CN=C(NCC(=O)N(C)CC(F)(F)F)NCC(C)(C)Cc1cccc(Cl)c1.I. The molecule has 0 heterocycles. The van der Waals surface area contributed by atoms with Crippen molar-refractivity contribution in [2.75, 3.05) is 33.7 Å². The summed E-state index contributed by atoms with van der Waals surface area (Å²) in [7, 11) is 2.64. The lowest BCUT2D eigenvalue weighted by Gasteiger charge is -2.26. The molecule has 0 saturated carbocycles. The fraction of sp³-hybridized carbons (Fsp3) is 0.556. The number of alkyl halides is 3. The van der Waals surface area contributed by atoms with Gasteiger partial charge in [0.2, 0.25) is 5.91 Å². The van der Waals surface area contributed by atoms with Crippen molar-refractivity contribution in [2.24, 2.45) is 10.4 Å². The Balaban J connectivity index is 0.00000729. The molecule has 1 amide bonds. The second-order valence-corrected chi connectivity index (χ2v) is 7.55. The van der Waals surface area contributed by atoms with E-state index in [0.29, 0.717) is 22.4 Å². The summed E-state index contributed by atoms with van der Waals surface area (Å²) in [6, 6.07) is 7.61. The minimum atomic E-state index is -4.42. The summed E-state index contributed by atoms with van der Waals surface area (Å²) in [6.45, 7) is 3.12. The lowest BCUT2D eigenvalue weighted by Crippen LogP contribution is -2.47. The molecule has 0 saturated heterocycles. The molecule has 28 heavy (non-hydrogen) atoms. The van der Waals surface area contributed by atoms with Gasteiger partial charge in [0.25, 0.3) is 0 Å². The highest BCUT2D eigenvalue weighted by Gasteiger charge is 2.31. The van der Waals surface area contributed by atoms with Crippen molar-refractivity contribution in [3.05, 3.63) is 34.9 Å². The van der Waals surface area contributed by atoms with Crippen molar-refractivity contribution in [3.8, 4) is 0 Å². The van der Waals surface area contributed by atoms with E-state index >= 15 is 0 Å². The number of nitrogens with zero attached hydrogens (tertiary/aromatic N) is 2. The van der Waals surface area contributed by atoms with Crippen LogP contribution in [0.1, 0.15) is 19.4 Å². The first kappa shape index (κ1) is 26.8. The number of aliphatic imine (C=N–C) groups is 1. The van der Waals surface area contributed by atoms with Gasteiger partial charge in [0.05, 0.1) is 6.54 Å². The Morgan fingerprint density at radius 3 is 2.43 bits per heavy atom. The van der Waals surface area contributed by atoms with Gasteiger partial charge in [-0.1, -0.05) is 37.6 Å². The normalized spacial score (nSPS) is 12.2. The Kier molecular flexibility index (Phi) is 11.2. The summed E-state index contributed by atoms with van der Waals surface area (Å²) in [6.07, 6.45) is -3.65. The third-order valence-corrected chi connectivity index (χ3v) is 4.01. The predicted octanol–water partition coefficient (Wildman–Crippen LogP) is 3.71. The van der Waals surface area contributed by atoms with Gasteiger partial charge in [-0.3, -0.25) is 9.79 Å². The van der Waals surface area contributed by atoms with Gasteiger partial charge >= 0.3 is 6.18 Å². The highest BCUT2D eigenvalue weighted by Crippen LogP contribution is 2.22. The minimum Gasteiger partial charge on any atom is -0.356 e. The minimum absolute atomic E-state index is 0. The zero-order chi connectivity index (χ0) is 20.7. The Bertz CT molecular complexity index is 668. The quantitative estimate of drug-likeness (QED) is 0.319. The Morgan fingerprint density at radius 1 is 1.25 bits per heavy atom. The first-order valence-corrected chi connectivity index (χ1v) is 8.79. The lowest BCUT2D eigenvalue weighted by molar-refractivity contribution is -0.157. The van der Waals surface area contributed by atoms with E-state index in [9.17, 15) is 18.0 Å². The summed E-state index contributed by atoms with van der Waals surface area (Å²) in [5, 5.41) is 6.52. The van der Waals surface area contributed by atoms with Crippen molar-refractivity contribution in [1.29, 1.82) is 0 Å². The smallest absolute Gasteiger partial charge is 0.356 e. The zero-order valence-corrected chi connectivity index (χ0v) is 19.4. The van der Waals surface area contributed by atoms with E-state index < -0.39 is 18.6 Å². The monoisotopic (exact) mass is 534 g/mol. The molecule has 0 radical (unpaired) electrons. The van der Waals surface area contributed by atoms with Gasteiger partial charge in [0, 0.05) is 25.7 Å². The van der Waals surface area contributed by atoms with Crippen LogP contribution < -0.4 is 10.6 Å². The maximum Gasteiger partial charge on any atom is 0.406 e. The van der Waals surface area contributed by atoms with Crippen LogP contribution in [0.4, 0.5) is 13.2 Å². The zero-order valence-electron chi connectivity index (χ0n) is 16.4. The number of rotatable bonds is 7. The average Bonchev–Trinajstić information content (AvgIpc) is 2.52. The molecule has 0 atom stereocenters. The van der Waals surface area contributed by atoms with Crippen LogP contribution >= 0.6 is 35.6 Å². The van der Waals surface area contributed by atoms with E-state index in [0.717, 1.165) is 19.0 Å². The number of benzene rings is 1. The average molecular weight is 535 g/mol. The fourth-order valence-electron chi connectivity index (χ4n) is 2.46. The topological polar surface area (TPSA) is 56.7 Å². The van der Waals surface area contributed by atoms with Gasteiger partial charge in [-0.05, 0) is 29.5 Å². The molecule has 1 aromatic carbocycles. The van der Waals surface area contributed by atoms with Crippen LogP contribution in [-0.2, 0) is 11.2 Å². The third-order valence-electron chi connectivity index (χ3n) is 3.78. The van der Waals surface area contributed by atoms with Crippen LogP contribution in [0.2, 0.25) is 5.02 Å². The van der Waals surface area contributed by atoms with Crippen molar-refractivity contribution >= 4 is 47.4 Å². The first-order chi connectivity index (χ1) is 12.4. The standard InChI is InChI=1S/C18H26ClF3N4O.HI/c1-17(2,9-13-6-5-7-14(19)8-13)11-25-16(23-3)24-10-15(27)26(4)12-18(20,21)22;/h5-8H,9-12H2,1-4H3,(H2,23,24,25);1H. The number of amides is 1. The lowest BCUT2D eigenvalue weighted by atomic mass is 9.86. The number of hydrogen-bond acceptors (Lipinski definition) is 2. The van der Waals surface area contributed by atoms with E-state index in [1.165, 1.54) is 7.05 Å². The molecule has 0 unspecified atom stereocenters. The van der Waals surface area contributed by atoms with Crippen LogP contribution in [0, 0.1) is 5.41 Å². The Labute approximate surface area is 186 Å². The number of nitrogens with one attached hydrogen (secondary N) is 2. The second kappa shape index (κ2) is 11.7. The molecule has 10 heteroatoms. The molecule has 0 aromatic heterocycles. The summed E-state index contributed by atoms with van der Waals surface area (Å²) >= 11 is 6.01. The van der Waals surface area contributed by atoms with Crippen molar-refractivity contribution < 1.29 is 18.0 Å². The molecule has 0 bridgehead atoms. The van der Waals surface area contributed by atoms with Gasteiger partial charge < -0.3 is 15.5 Å². The molecule has 0 fully saturated rings. The summed E-state index contributed by atoms with van der Waals surface area (Å²) in [4.78, 5) is 16.4. The maximum atomic E-state index is 12.3. The van der Waals surface area contributed by atoms with Crippen molar-refractivity contribution in [2.45, 2.75) is 26.4 Å². The number of hydrogen-bond donors (Lipinski definition) is 2. The number of likely N-dealkylation sites (N-methyl/N-ethyl adjacent to an activating group) is 1. The van der Waals surface area contributed by atoms with Crippen molar-refractivity contribution in [3.63, 3.8) is 0 Å². The summed E-state index contributed by atoms with van der Waals surface area (Å²) < 4.78 is 37.0. The van der Waals surface area contributed by atoms with Crippen LogP contribution in [0.15, 0.2) is 29.3 Å². The number of halogens is 5. The molecular formula is C18H27ClF3IN4O. The molecular weight excluding hydrogens is 508 g/mol. The molecule has 0 aliphatic carbocycles. The largest absolute Gasteiger partial charge is 0.406 e. The first-order valence-electron chi connectivity index (χ1n) is 8.41. The molecule has 0 spiro atoms. The van der Waals surface area contributed by atoms with E-state index in [1.807, 2.05) is 24.3 Å². The van der Waals surface area contributed by atoms with Gasteiger partial charge in [-0.25, -0.2) is 0 Å². The highest BCUT2D eigenvalue weighted by molar-refractivity contribution is 14.0. The molecule has 0 aliphatic rings. The summed E-state index contributed by atoms with van der Waals surface area (Å²) in [5.41, 5.74) is 0.959. The second-order valence-electron chi connectivity index (χ2n) is 7.12. The number of carbonyl (C=O) groups is 1. The van der Waals surface area contributed by atoms with Gasteiger partial charge in [-0.15, -0.1) is 24.0 Å². The van der Waals surface area contributed by atoms with E-state index in [-0.39, 0.29) is 35.9 Å². The predicted molar refractivity (Wildman–Crippen MR) is 117 cm³/mol. The molecule has 2 N–H and O–H groups in total. The van der Waals surface area contributed by atoms with E-state index in [4.69, 9.17) is 11.6 Å². The molecule has 1 aromatic rings. The molecule has 0 aliphatic heterocycles. The Morgan fingerprint density at radius 2 is 1.89 bits per heavy atom. The van der Waals surface area contributed by atoms with Crippen LogP contribution in [0.3, 0.4) is 0 Å². The van der Waals surface area contributed by atoms with Gasteiger partial charge in [0.1, 0.15) is 6.54 Å². The number of carbonyl (C=O) groups excluding carboxylic acids is 1. The fourth-order valence-corrected chi connectivity index (χ4v) is 2.67.